The zero-order valence-corrected chi connectivity index (χ0v) is 10.0. The topological polar surface area (TPSA) is 24.5 Å². The van der Waals surface area contributed by atoms with Crippen molar-refractivity contribution in [2.75, 3.05) is 32.8 Å². The van der Waals surface area contributed by atoms with Crippen molar-refractivity contribution in [3.63, 3.8) is 0 Å². The van der Waals surface area contributed by atoms with Gasteiger partial charge in [0.2, 0.25) is 0 Å². The van der Waals surface area contributed by atoms with E-state index < -0.39 is 0 Å². The van der Waals surface area contributed by atoms with Gasteiger partial charge in [0, 0.05) is 38.8 Å². The van der Waals surface area contributed by atoms with Crippen LogP contribution in [0.15, 0.2) is 12.7 Å². The van der Waals surface area contributed by atoms with E-state index in [2.05, 4.69) is 30.6 Å². The van der Waals surface area contributed by atoms with Crippen molar-refractivity contribution in [2.45, 2.75) is 32.4 Å². The molecule has 2 unspecified atom stereocenters. The van der Waals surface area contributed by atoms with Crippen LogP contribution in [0, 0.1) is 0 Å². The van der Waals surface area contributed by atoms with Gasteiger partial charge < -0.3 is 10.1 Å². The zero-order valence-electron chi connectivity index (χ0n) is 10.0. The van der Waals surface area contributed by atoms with Crippen molar-refractivity contribution in [3.8, 4) is 0 Å². The smallest absolute Gasteiger partial charge is 0.0674 e. The molecule has 1 heterocycles. The predicted octanol–water partition coefficient (Wildman–Crippen LogP) is 1.26. The molecule has 1 fully saturated rings. The van der Waals surface area contributed by atoms with Crippen LogP contribution in [0.5, 0.6) is 0 Å². The fourth-order valence-electron chi connectivity index (χ4n) is 1.95. The average molecular weight is 212 g/mol. The molecule has 3 heteroatoms. The van der Waals surface area contributed by atoms with Crippen molar-refractivity contribution in [1.29, 1.82) is 0 Å². The van der Waals surface area contributed by atoms with Gasteiger partial charge in [0.15, 0.2) is 0 Å². The Morgan fingerprint density at radius 1 is 1.67 bits per heavy atom. The van der Waals surface area contributed by atoms with Gasteiger partial charge in [-0.1, -0.05) is 6.08 Å². The Kier molecular flexibility index (Phi) is 5.91. The van der Waals surface area contributed by atoms with Gasteiger partial charge in [-0.25, -0.2) is 0 Å². The molecular weight excluding hydrogens is 188 g/mol. The molecule has 0 amide bonds. The first kappa shape index (κ1) is 12.7. The standard InChI is InChI=1S/C12H24N2O/c1-4-6-13-9-11(2)14-7-5-8-15-12(3)10-14/h4,11-13H,1,5-10H2,2-3H3. The molecule has 0 radical (unpaired) electrons. The summed E-state index contributed by atoms with van der Waals surface area (Å²) in [6, 6.07) is 0.578. The van der Waals surface area contributed by atoms with Gasteiger partial charge in [-0.15, -0.1) is 6.58 Å². The first-order chi connectivity index (χ1) is 7.24. The van der Waals surface area contributed by atoms with Crippen molar-refractivity contribution < 1.29 is 4.74 Å². The van der Waals surface area contributed by atoms with E-state index in [0.29, 0.717) is 12.1 Å². The Balaban J connectivity index is 2.29. The molecule has 0 aromatic heterocycles. The predicted molar refractivity (Wildman–Crippen MR) is 64.1 cm³/mol. The number of nitrogens with zero attached hydrogens (tertiary/aromatic N) is 1. The second-order valence-corrected chi connectivity index (χ2v) is 4.33. The average Bonchev–Trinajstić information content (AvgIpc) is 2.43. The Bertz CT molecular complexity index is 184. The monoisotopic (exact) mass is 212 g/mol. The van der Waals surface area contributed by atoms with E-state index in [-0.39, 0.29) is 0 Å². The third-order valence-electron chi connectivity index (χ3n) is 2.84. The van der Waals surface area contributed by atoms with Crippen LogP contribution in [0.4, 0.5) is 0 Å². The third kappa shape index (κ3) is 4.78. The molecule has 2 atom stereocenters. The highest BCUT2D eigenvalue weighted by molar-refractivity contribution is 4.76. The quantitative estimate of drug-likeness (QED) is 0.548. The summed E-state index contributed by atoms with van der Waals surface area (Å²) in [5, 5.41) is 3.37. The SMILES string of the molecule is C=CCNCC(C)N1CCCOC(C)C1. The van der Waals surface area contributed by atoms with Gasteiger partial charge in [0.25, 0.3) is 0 Å². The van der Waals surface area contributed by atoms with E-state index in [4.69, 9.17) is 4.74 Å². The van der Waals surface area contributed by atoms with Crippen LogP contribution in [-0.4, -0.2) is 49.8 Å². The van der Waals surface area contributed by atoms with Crippen LogP contribution in [0.25, 0.3) is 0 Å². The van der Waals surface area contributed by atoms with Crippen LogP contribution in [0.1, 0.15) is 20.3 Å². The van der Waals surface area contributed by atoms with Gasteiger partial charge in [-0.2, -0.15) is 0 Å². The maximum atomic E-state index is 5.63. The molecule has 0 spiro atoms. The van der Waals surface area contributed by atoms with Crippen LogP contribution in [0.2, 0.25) is 0 Å². The fraction of sp³-hybridized carbons (Fsp3) is 0.833. The molecule has 1 saturated heterocycles. The highest BCUT2D eigenvalue weighted by Crippen LogP contribution is 2.08. The maximum Gasteiger partial charge on any atom is 0.0674 e. The third-order valence-corrected chi connectivity index (χ3v) is 2.84. The van der Waals surface area contributed by atoms with Crippen molar-refractivity contribution in [1.82, 2.24) is 10.2 Å². The van der Waals surface area contributed by atoms with Gasteiger partial charge in [-0.05, 0) is 20.3 Å². The normalized spacial score (nSPS) is 25.9. The summed E-state index contributed by atoms with van der Waals surface area (Å²) >= 11 is 0. The molecule has 0 aliphatic carbocycles. The summed E-state index contributed by atoms with van der Waals surface area (Å²) in [6.45, 7) is 13.2. The molecular formula is C12H24N2O. The zero-order chi connectivity index (χ0) is 11.1. The van der Waals surface area contributed by atoms with Gasteiger partial charge >= 0.3 is 0 Å². The lowest BCUT2D eigenvalue weighted by Gasteiger charge is -2.28. The summed E-state index contributed by atoms with van der Waals surface area (Å²) < 4.78 is 5.63. The number of hydrogen-bond acceptors (Lipinski definition) is 3. The van der Waals surface area contributed by atoms with Crippen LogP contribution in [0.3, 0.4) is 0 Å². The van der Waals surface area contributed by atoms with E-state index in [0.717, 1.165) is 39.2 Å². The molecule has 1 rings (SSSR count). The summed E-state index contributed by atoms with van der Waals surface area (Å²) in [5.41, 5.74) is 0. The summed E-state index contributed by atoms with van der Waals surface area (Å²) in [6.07, 6.45) is 3.42. The largest absolute Gasteiger partial charge is 0.377 e. The molecule has 0 aromatic rings. The lowest BCUT2D eigenvalue weighted by atomic mass is 10.2. The molecule has 0 saturated carbocycles. The number of ether oxygens (including phenoxy) is 1. The first-order valence-electron chi connectivity index (χ1n) is 5.91. The van der Waals surface area contributed by atoms with Crippen molar-refractivity contribution in [2.24, 2.45) is 0 Å². The minimum absolute atomic E-state index is 0.370. The lowest BCUT2D eigenvalue weighted by Crippen LogP contribution is -2.43. The minimum Gasteiger partial charge on any atom is -0.377 e. The highest BCUT2D eigenvalue weighted by Gasteiger charge is 2.19. The summed E-state index contributed by atoms with van der Waals surface area (Å²) in [4.78, 5) is 2.51. The molecule has 15 heavy (non-hydrogen) atoms. The molecule has 0 bridgehead atoms. The second kappa shape index (κ2) is 6.99. The fourth-order valence-corrected chi connectivity index (χ4v) is 1.95. The van der Waals surface area contributed by atoms with E-state index >= 15 is 0 Å². The van der Waals surface area contributed by atoms with Crippen LogP contribution in [-0.2, 0) is 4.74 Å². The molecule has 1 aliphatic rings. The number of rotatable bonds is 5. The number of hydrogen-bond donors (Lipinski definition) is 1. The molecule has 0 aromatic carbocycles. The van der Waals surface area contributed by atoms with E-state index in [9.17, 15) is 0 Å². The van der Waals surface area contributed by atoms with Gasteiger partial charge in [0.1, 0.15) is 0 Å². The Hall–Kier alpha value is -0.380. The van der Waals surface area contributed by atoms with Crippen molar-refractivity contribution in [3.05, 3.63) is 12.7 Å². The molecule has 88 valence electrons. The summed E-state index contributed by atoms with van der Waals surface area (Å²) in [5.74, 6) is 0. The van der Waals surface area contributed by atoms with Gasteiger partial charge in [-0.3, -0.25) is 4.90 Å². The van der Waals surface area contributed by atoms with Gasteiger partial charge in [0.05, 0.1) is 6.10 Å². The Labute approximate surface area is 93.5 Å². The highest BCUT2D eigenvalue weighted by atomic mass is 16.5. The van der Waals surface area contributed by atoms with Crippen LogP contribution >= 0.6 is 0 Å². The van der Waals surface area contributed by atoms with Crippen molar-refractivity contribution >= 4 is 0 Å². The molecule has 1 aliphatic heterocycles. The van der Waals surface area contributed by atoms with E-state index in [1.807, 2.05) is 6.08 Å². The first-order valence-corrected chi connectivity index (χ1v) is 5.91. The second-order valence-electron chi connectivity index (χ2n) is 4.33. The minimum atomic E-state index is 0.370. The summed E-state index contributed by atoms with van der Waals surface area (Å²) in [7, 11) is 0. The van der Waals surface area contributed by atoms with Crippen LogP contribution < -0.4 is 5.32 Å². The van der Waals surface area contributed by atoms with E-state index in [1.165, 1.54) is 0 Å². The molecule has 1 N–H and O–H groups in total. The Morgan fingerprint density at radius 2 is 2.47 bits per heavy atom. The molecule has 3 nitrogen and oxygen atoms in total. The van der Waals surface area contributed by atoms with E-state index in [1.54, 1.807) is 0 Å². The number of nitrogens with one attached hydrogen (secondary N) is 1. The Morgan fingerprint density at radius 3 is 3.20 bits per heavy atom. The lowest BCUT2D eigenvalue weighted by molar-refractivity contribution is 0.0621. The maximum absolute atomic E-state index is 5.63.